The second kappa shape index (κ2) is 5.33. The molecule has 0 fully saturated rings. The van der Waals surface area contributed by atoms with E-state index < -0.39 is 0 Å². The Balaban J connectivity index is 2.28. The van der Waals surface area contributed by atoms with Crippen LogP contribution in [-0.4, -0.2) is 19.7 Å². The number of hydrogen-bond donors (Lipinski definition) is 1. The molecule has 0 spiro atoms. The number of hydrogen-bond acceptors (Lipinski definition) is 4. The molecule has 0 aliphatic rings. The zero-order chi connectivity index (χ0) is 16.8. The highest BCUT2D eigenvalue weighted by Gasteiger charge is 2.26. The summed E-state index contributed by atoms with van der Waals surface area (Å²) in [6.07, 6.45) is 1.50. The molecule has 5 nitrogen and oxygen atoms in total. The summed E-state index contributed by atoms with van der Waals surface area (Å²) < 4.78 is 1.95. The van der Waals surface area contributed by atoms with E-state index in [0.717, 1.165) is 16.7 Å². The molecule has 0 bridgehead atoms. The van der Waals surface area contributed by atoms with Gasteiger partial charge < -0.3 is 5.73 Å². The Morgan fingerprint density at radius 2 is 1.83 bits per heavy atom. The Bertz CT molecular complexity index is 857. The molecule has 2 N–H and O–H groups in total. The second-order valence-corrected chi connectivity index (χ2v) is 7.00. The molecule has 120 valence electrons. The normalized spacial score (nSPS) is 13.4. The van der Waals surface area contributed by atoms with Gasteiger partial charge in [-0.15, -0.1) is 0 Å². The van der Waals surface area contributed by atoms with E-state index in [-0.39, 0.29) is 11.5 Å². The van der Waals surface area contributed by atoms with E-state index in [2.05, 4.69) is 68.9 Å². The predicted molar refractivity (Wildman–Crippen MR) is 93.4 cm³/mol. The number of nitrogens with zero attached hydrogens (tertiary/aromatic N) is 4. The molecule has 2 heterocycles. The van der Waals surface area contributed by atoms with E-state index in [1.807, 2.05) is 4.68 Å². The summed E-state index contributed by atoms with van der Waals surface area (Å²) in [7, 11) is 0. The Hall–Kier alpha value is -2.43. The zero-order valence-electron chi connectivity index (χ0n) is 14.3. The van der Waals surface area contributed by atoms with Gasteiger partial charge in [-0.25, -0.2) is 14.6 Å². The topological polar surface area (TPSA) is 69.6 Å². The fourth-order valence-corrected chi connectivity index (χ4v) is 2.99. The summed E-state index contributed by atoms with van der Waals surface area (Å²) in [6.45, 7) is 10.6. The summed E-state index contributed by atoms with van der Waals surface area (Å²) in [4.78, 5) is 8.61. The third-order valence-electron chi connectivity index (χ3n) is 4.22. The molecular weight excluding hydrogens is 286 g/mol. The monoisotopic (exact) mass is 309 g/mol. The van der Waals surface area contributed by atoms with Crippen molar-refractivity contribution in [1.29, 1.82) is 0 Å². The first-order chi connectivity index (χ1) is 10.8. The molecule has 2 aromatic heterocycles. The maximum Gasteiger partial charge on any atom is 0.164 e. The molecular formula is C18H23N5. The fraction of sp³-hybridized carbons (Fsp3) is 0.389. The van der Waals surface area contributed by atoms with Crippen LogP contribution in [0.2, 0.25) is 0 Å². The lowest BCUT2D eigenvalue weighted by atomic mass is 9.92. The fourth-order valence-electron chi connectivity index (χ4n) is 2.99. The first-order valence-corrected chi connectivity index (χ1v) is 7.86. The van der Waals surface area contributed by atoms with Gasteiger partial charge in [0.2, 0.25) is 0 Å². The number of anilines is 1. The van der Waals surface area contributed by atoms with Crippen LogP contribution in [0.1, 0.15) is 50.4 Å². The van der Waals surface area contributed by atoms with Gasteiger partial charge in [0.25, 0.3) is 0 Å². The number of fused-ring (bicyclic) bond motifs is 1. The predicted octanol–water partition coefficient (Wildman–Crippen LogP) is 3.62. The summed E-state index contributed by atoms with van der Waals surface area (Å²) in [5, 5.41) is 5.73. The van der Waals surface area contributed by atoms with E-state index in [0.29, 0.717) is 5.82 Å². The van der Waals surface area contributed by atoms with Crippen LogP contribution in [0.4, 0.5) is 5.82 Å². The summed E-state index contributed by atoms with van der Waals surface area (Å²) in [6, 6.07) is 8.37. The van der Waals surface area contributed by atoms with E-state index in [1.54, 1.807) is 0 Å². The smallest absolute Gasteiger partial charge is 0.164 e. The Morgan fingerprint density at radius 1 is 1.13 bits per heavy atom. The van der Waals surface area contributed by atoms with Gasteiger partial charge in [-0.2, -0.15) is 5.10 Å². The minimum absolute atomic E-state index is 0.121. The average molecular weight is 309 g/mol. The van der Waals surface area contributed by atoms with Crippen molar-refractivity contribution in [3.05, 3.63) is 47.4 Å². The van der Waals surface area contributed by atoms with Crippen molar-refractivity contribution in [1.82, 2.24) is 19.7 Å². The van der Waals surface area contributed by atoms with E-state index >= 15 is 0 Å². The molecule has 0 aliphatic carbocycles. The maximum absolute atomic E-state index is 6.16. The highest BCUT2D eigenvalue weighted by atomic mass is 15.3. The van der Waals surface area contributed by atoms with Crippen molar-refractivity contribution in [2.24, 2.45) is 0 Å². The van der Waals surface area contributed by atoms with Gasteiger partial charge in [-0.1, -0.05) is 31.2 Å². The van der Waals surface area contributed by atoms with Crippen molar-refractivity contribution in [2.75, 3.05) is 5.73 Å². The minimum atomic E-state index is -0.178. The van der Waals surface area contributed by atoms with Crippen molar-refractivity contribution in [2.45, 2.75) is 46.1 Å². The summed E-state index contributed by atoms with van der Waals surface area (Å²) in [5.74, 6) is 0.608. The number of benzene rings is 1. The van der Waals surface area contributed by atoms with Gasteiger partial charge in [0, 0.05) is 5.92 Å². The molecule has 1 atom stereocenters. The number of aromatic nitrogens is 4. The Kier molecular flexibility index (Phi) is 3.59. The lowest BCUT2D eigenvalue weighted by Gasteiger charge is -2.20. The van der Waals surface area contributed by atoms with Gasteiger partial charge in [0.05, 0.1) is 16.6 Å². The van der Waals surface area contributed by atoms with Gasteiger partial charge in [-0.3, -0.25) is 0 Å². The highest BCUT2D eigenvalue weighted by molar-refractivity contribution is 5.89. The van der Waals surface area contributed by atoms with Crippen LogP contribution in [0.25, 0.3) is 11.0 Å². The van der Waals surface area contributed by atoms with E-state index in [1.165, 1.54) is 17.5 Å². The average Bonchev–Trinajstić information content (AvgIpc) is 2.88. The molecule has 0 amide bonds. The van der Waals surface area contributed by atoms with Crippen molar-refractivity contribution >= 4 is 16.9 Å². The standard InChI is InChI=1S/C18H23N5/c1-11-8-6-7-9-13(11)12(2)15-14-16(19)20-10-21-17(14)23(22-15)18(3,4)5/h6-10,12H,1-5H3,(H2,19,20,21)/t12-/m0/s1. The number of aryl methyl sites for hydroxylation is 1. The minimum Gasteiger partial charge on any atom is -0.383 e. The lowest BCUT2D eigenvalue weighted by molar-refractivity contribution is 0.362. The third-order valence-corrected chi connectivity index (χ3v) is 4.22. The largest absolute Gasteiger partial charge is 0.383 e. The van der Waals surface area contributed by atoms with E-state index in [9.17, 15) is 0 Å². The number of nitrogen functional groups attached to an aromatic ring is 1. The third kappa shape index (κ3) is 2.56. The second-order valence-electron chi connectivity index (χ2n) is 7.00. The van der Waals surface area contributed by atoms with E-state index in [4.69, 9.17) is 10.8 Å². The van der Waals surface area contributed by atoms with Gasteiger partial charge >= 0.3 is 0 Å². The molecule has 0 aliphatic heterocycles. The molecule has 0 saturated carbocycles. The molecule has 0 unspecified atom stereocenters. The van der Waals surface area contributed by atoms with Gasteiger partial charge in [0.15, 0.2) is 5.65 Å². The molecule has 3 rings (SSSR count). The molecule has 0 saturated heterocycles. The molecule has 1 aromatic carbocycles. The van der Waals surface area contributed by atoms with Crippen LogP contribution in [0.5, 0.6) is 0 Å². The SMILES string of the molecule is Cc1ccccc1[C@H](C)c1nn(C(C)(C)C)c2ncnc(N)c12. The van der Waals surface area contributed by atoms with Gasteiger partial charge in [0.1, 0.15) is 12.1 Å². The summed E-state index contributed by atoms with van der Waals surface area (Å²) in [5.41, 5.74) is 10.2. The Morgan fingerprint density at radius 3 is 2.48 bits per heavy atom. The van der Waals surface area contributed by atoms with Crippen LogP contribution in [0, 0.1) is 6.92 Å². The van der Waals surface area contributed by atoms with Gasteiger partial charge in [-0.05, 0) is 38.8 Å². The van der Waals surface area contributed by atoms with Crippen molar-refractivity contribution in [3.8, 4) is 0 Å². The molecule has 3 aromatic rings. The molecule has 0 radical (unpaired) electrons. The first kappa shape index (κ1) is 15.5. The van der Waals surface area contributed by atoms with Crippen LogP contribution in [0.15, 0.2) is 30.6 Å². The van der Waals surface area contributed by atoms with Crippen molar-refractivity contribution in [3.63, 3.8) is 0 Å². The van der Waals surface area contributed by atoms with Crippen LogP contribution >= 0.6 is 0 Å². The van der Waals surface area contributed by atoms with Crippen LogP contribution in [0.3, 0.4) is 0 Å². The first-order valence-electron chi connectivity index (χ1n) is 7.86. The van der Waals surface area contributed by atoms with Crippen molar-refractivity contribution < 1.29 is 0 Å². The molecule has 23 heavy (non-hydrogen) atoms. The molecule has 5 heteroatoms. The zero-order valence-corrected chi connectivity index (χ0v) is 14.3. The van der Waals surface area contributed by atoms with Crippen LogP contribution in [-0.2, 0) is 5.54 Å². The Labute approximate surface area is 136 Å². The quantitative estimate of drug-likeness (QED) is 0.785. The summed E-state index contributed by atoms with van der Waals surface area (Å²) >= 11 is 0. The number of nitrogens with two attached hydrogens (primary N) is 1. The highest BCUT2D eigenvalue weighted by Crippen LogP contribution is 2.34. The lowest BCUT2D eigenvalue weighted by Crippen LogP contribution is -2.23. The number of rotatable bonds is 2. The maximum atomic E-state index is 6.16. The van der Waals surface area contributed by atoms with Crippen LogP contribution < -0.4 is 5.73 Å².